The van der Waals surface area contributed by atoms with Gasteiger partial charge in [-0.2, -0.15) is 0 Å². The van der Waals surface area contributed by atoms with E-state index >= 15 is 0 Å². The number of nitrogens with zero attached hydrogens (tertiary/aromatic N) is 3. The first-order valence-corrected chi connectivity index (χ1v) is 10.4. The number of anilines is 2. The summed E-state index contributed by atoms with van der Waals surface area (Å²) in [5.74, 6) is 0. The van der Waals surface area contributed by atoms with Crippen molar-refractivity contribution in [2.24, 2.45) is 0 Å². The van der Waals surface area contributed by atoms with Crippen LogP contribution in [0.4, 0.5) is 11.4 Å². The van der Waals surface area contributed by atoms with E-state index < -0.39 is 10.0 Å². The second kappa shape index (κ2) is 7.58. The summed E-state index contributed by atoms with van der Waals surface area (Å²) in [6.07, 6.45) is 3.03. The van der Waals surface area contributed by atoms with Crippen molar-refractivity contribution in [1.82, 2.24) is 13.9 Å². The van der Waals surface area contributed by atoms with Crippen molar-refractivity contribution in [2.75, 3.05) is 31.2 Å². The number of hydrogen-bond acceptors (Lipinski definition) is 6. The molecule has 3 heterocycles. The van der Waals surface area contributed by atoms with Gasteiger partial charge >= 0.3 is 0 Å². The van der Waals surface area contributed by atoms with Crippen LogP contribution in [0.15, 0.2) is 53.7 Å². The third-order valence-electron chi connectivity index (χ3n) is 4.42. The minimum Gasteiger partial charge on any atom is -0.396 e. The molecule has 7 nitrogen and oxygen atoms in total. The first-order valence-electron chi connectivity index (χ1n) is 8.98. The zero-order chi connectivity index (χ0) is 19.6. The maximum atomic E-state index is 12.9. The number of likely N-dealkylation sites (tertiary alicyclic amines) is 1. The summed E-state index contributed by atoms with van der Waals surface area (Å²) in [5, 5.41) is 4.11. The van der Waals surface area contributed by atoms with Crippen LogP contribution in [0.1, 0.15) is 13.8 Å². The summed E-state index contributed by atoms with van der Waals surface area (Å²) in [6.45, 7) is 5.85. The summed E-state index contributed by atoms with van der Waals surface area (Å²) < 4.78 is 27.0. The number of aromatic nitrogens is 2. The fraction of sp³-hybridized carbons (Fsp3) is 0.316. The third kappa shape index (κ3) is 3.50. The number of likely N-dealkylation sites (N-methyl/N-ethyl adjacent to an activating group) is 1. The smallest absolute Gasteiger partial charge is 0.269 e. The Hall–Kier alpha value is -2.58. The number of nitrogens with one attached hydrogen (secondary N) is 1. The summed E-state index contributed by atoms with van der Waals surface area (Å²) in [7, 11) is -1.66. The molecule has 1 aliphatic rings. The van der Waals surface area contributed by atoms with Gasteiger partial charge < -0.3 is 16.0 Å². The van der Waals surface area contributed by atoms with Crippen LogP contribution in [0.3, 0.4) is 0 Å². The van der Waals surface area contributed by atoms with Crippen molar-refractivity contribution in [3.8, 4) is 0 Å². The van der Waals surface area contributed by atoms with Gasteiger partial charge in [0.05, 0.1) is 28.5 Å². The van der Waals surface area contributed by atoms with Crippen molar-refractivity contribution in [3.05, 3.63) is 48.8 Å². The molecule has 1 aromatic carbocycles. The van der Waals surface area contributed by atoms with E-state index in [1.54, 1.807) is 36.4 Å². The second-order valence-corrected chi connectivity index (χ2v) is 8.13. The number of pyridine rings is 1. The molecule has 0 saturated carbocycles. The number of hydrogen-bond donors (Lipinski definition) is 2. The SMILES string of the molecule is CC.CN1CC(Nc2c(N)cnc3c2ccn3S(=O)(=O)c2ccccc2)C1. The lowest BCUT2D eigenvalue weighted by Gasteiger charge is -2.37. The van der Waals surface area contributed by atoms with Crippen molar-refractivity contribution in [3.63, 3.8) is 0 Å². The molecule has 0 atom stereocenters. The molecule has 0 bridgehead atoms. The summed E-state index contributed by atoms with van der Waals surface area (Å²) in [5.41, 5.74) is 7.70. The van der Waals surface area contributed by atoms with E-state index in [1.165, 1.54) is 16.4 Å². The van der Waals surface area contributed by atoms with Gasteiger partial charge in [-0.25, -0.2) is 17.4 Å². The van der Waals surface area contributed by atoms with Crippen LogP contribution in [0, 0.1) is 0 Å². The van der Waals surface area contributed by atoms with Gasteiger partial charge in [0.25, 0.3) is 10.0 Å². The normalized spacial score (nSPS) is 15.1. The van der Waals surface area contributed by atoms with Gasteiger partial charge in [-0.1, -0.05) is 32.0 Å². The Bertz CT molecular complexity index is 1020. The van der Waals surface area contributed by atoms with Gasteiger partial charge in [-0.3, -0.25) is 0 Å². The number of nitrogen functional groups attached to an aromatic ring is 1. The molecule has 0 unspecified atom stereocenters. The Morgan fingerprint density at radius 3 is 2.44 bits per heavy atom. The molecule has 1 fully saturated rings. The number of nitrogens with two attached hydrogens (primary N) is 1. The van der Waals surface area contributed by atoms with Crippen LogP contribution < -0.4 is 11.1 Å². The lowest BCUT2D eigenvalue weighted by Crippen LogP contribution is -2.52. The van der Waals surface area contributed by atoms with Crippen LogP contribution in [0.25, 0.3) is 11.0 Å². The lowest BCUT2D eigenvalue weighted by molar-refractivity contribution is 0.205. The number of fused-ring (bicyclic) bond motifs is 1. The van der Waals surface area contributed by atoms with Crippen LogP contribution in [0.2, 0.25) is 0 Å². The van der Waals surface area contributed by atoms with Crippen LogP contribution in [-0.2, 0) is 10.0 Å². The molecule has 8 heteroatoms. The Morgan fingerprint density at radius 1 is 1.15 bits per heavy atom. The molecule has 144 valence electrons. The zero-order valence-electron chi connectivity index (χ0n) is 15.8. The third-order valence-corrected chi connectivity index (χ3v) is 6.10. The van der Waals surface area contributed by atoms with Crippen LogP contribution in [-0.4, -0.2) is 48.5 Å². The highest BCUT2D eigenvalue weighted by atomic mass is 32.2. The molecule has 0 aliphatic carbocycles. The highest BCUT2D eigenvalue weighted by Crippen LogP contribution is 2.31. The number of rotatable bonds is 4. The monoisotopic (exact) mass is 387 g/mol. The first-order chi connectivity index (χ1) is 13.0. The summed E-state index contributed by atoms with van der Waals surface area (Å²) in [6, 6.07) is 10.4. The molecule has 27 heavy (non-hydrogen) atoms. The first kappa shape index (κ1) is 19.2. The predicted molar refractivity (Wildman–Crippen MR) is 109 cm³/mol. The predicted octanol–water partition coefficient (Wildman–Crippen LogP) is 2.61. The molecule has 0 radical (unpaired) electrons. The van der Waals surface area contributed by atoms with Crippen molar-refractivity contribution in [2.45, 2.75) is 24.8 Å². The Labute approximate surface area is 159 Å². The maximum Gasteiger partial charge on any atom is 0.269 e. The zero-order valence-corrected chi connectivity index (χ0v) is 16.6. The van der Waals surface area contributed by atoms with E-state index in [1.807, 2.05) is 20.9 Å². The minimum absolute atomic E-state index is 0.223. The van der Waals surface area contributed by atoms with Gasteiger partial charge in [-0.15, -0.1) is 0 Å². The molecular formula is C19H25N5O2S. The number of benzene rings is 1. The van der Waals surface area contributed by atoms with Gasteiger partial charge in [0.1, 0.15) is 0 Å². The highest BCUT2D eigenvalue weighted by Gasteiger charge is 2.26. The summed E-state index contributed by atoms with van der Waals surface area (Å²) in [4.78, 5) is 6.68. The standard InChI is InChI=1S/C17H19N5O2S.C2H6/c1-21-10-12(11-21)20-16-14-7-8-22(17(14)19-9-15(16)18)25(23,24)13-5-3-2-4-6-13;1-2/h2-9,12H,10-11,18H2,1H3,(H,19,20);1-2H3. The average molecular weight is 388 g/mol. The largest absolute Gasteiger partial charge is 0.396 e. The average Bonchev–Trinajstić information content (AvgIpc) is 3.10. The van der Waals surface area contributed by atoms with E-state index in [-0.39, 0.29) is 4.90 Å². The van der Waals surface area contributed by atoms with E-state index in [9.17, 15) is 8.42 Å². The molecule has 0 amide bonds. The van der Waals surface area contributed by atoms with Crippen LogP contribution >= 0.6 is 0 Å². The van der Waals surface area contributed by atoms with Crippen molar-refractivity contribution < 1.29 is 8.42 Å². The Morgan fingerprint density at radius 2 is 1.81 bits per heavy atom. The summed E-state index contributed by atoms with van der Waals surface area (Å²) >= 11 is 0. The minimum atomic E-state index is -3.70. The topological polar surface area (TPSA) is 93.2 Å². The molecular weight excluding hydrogens is 362 g/mol. The van der Waals surface area contributed by atoms with E-state index in [0.717, 1.165) is 18.8 Å². The molecule has 4 rings (SSSR count). The molecule has 1 saturated heterocycles. The second-order valence-electron chi connectivity index (χ2n) is 6.32. The van der Waals surface area contributed by atoms with Gasteiger partial charge in [0.15, 0.2) is 5.65 Å². The highest BCUT2D eigenvalue weighted by molar-refractivity contribution is 7.90. The Balaban J connectivity index is 0.00000102. The molecule has 3 aromatic rings. The molecule has 2 aromatic heterocycles. The van der Waals surface area contributed by atoms with E-state index in [0.29, 0.717) is 22.8 Å². The van der Waals surface area contributed by atoms with E-state index in [4.69, 9.17) is 5.73 Å². The van der Waals surface area contributed by atoms with Gasteiger partial charge in [-0.05, 0) is 25.2 Å². The maximum absolute atomic E-state index is 12.9. The van der Waals surface area contributed by atoms with Crippen LogP contribution in [0.5, 0.6) is 0 Å². The molecule has 3 N–H and O–H groups in total. The van der Waals surface area contributed by atoms with Gasteiger partial charge in [0.2, 0.25) is 0 Å². The van der Waals surface area contributed by atoms with E-state index in [2.05, 4.69) is 15.2 Å². The van der Waals surface area contributed by atoms with Gasteiger partial charge in [0, 0.05) is 24.7 Å². The molecule has 1 aliphatic heterocycles. The van der Waals surface area contributed by atoms with Crippen molar-refractivity contribution >= 4 is 32.4 Å². The quantitative estimate of drug-likeness (QED) is 0.715. The van der Waals surface area contributed by atoms with Crippen molar-refractivity contribution in [1.29, 1.82) is 0 Å². The fourth-order valence-electron chi connectivity index (χ4n) is 3.13. The fourth-order valence-corrected chi connectivity index (χ4v) is 4.46. The Kier molecular flexibility index (Phi) is 5.38. The molecule has 0 spiro atoms. The lowest BCUT2D eigenvalue weighted by atomic mass is 10.1.